The van der Waals surface area contributed by atoms with Gasteiger partial charge in [0.15, 0.2) is 0 Å². The fourth-order valence-corrected chi connectivity index (χ4v) is 6.98. The van der Waals surface area contributed by atoms with Crippen molar-refractivity contribution in [3.05, 3.63) is 59.9 Å². The summed E-state index contributed by atoms with van der Waals surface area (Å²) in [7, 11) is 8.24. The van der Waals surface area contributed by atoms with E-state index in [0.717, 1.165) is 81.9 Å². The van der Waals surface area contributed by atoms with Gasteiger partial charge in [0.2, 0.25) is 17.8 Å². The third-order valence-corrected chi connectivity index (χ3v) is 9.23. The van der Waals surface area contributed by atoms with Crippen LogP contribution < -0.4 is 25.3 Å². The van der Waals surface area contributed by atoms with Gasteiger partial charge in [0.05, 0.1) is 11.0 Å². The lowest BCUT2D eigenvalue weighted by atomic mass is 10.1. The predicted octanol–water partition coefficient (Wildman–Crippen LogP) is 6.27. The summed E-state index contributed by atoms with van der Waals surface area (Å²) in [5.74, 6) is 1.70. The lowest BCUT2D eigenvalue weighted by Gasteiger charge is -2.28. The zero-order valence-corrected chi connectivity index (χ0v) is 28.4. The molecule has 5 aromatic rings. The fourth-order valence-electron chi connectivity index (χ4n) is 6.98. The summed E-state index contributed by atoms with van der Waals surface area (Å²) < 4.78 is 0. The largest absolute Gasteiger partial charge is 0.377 e. The monoisotopic (exact) mass is 631 g/mol. The summed E-state index contributed by atoms with van der Waals surface area (Å²) in [6, 6.07) is 17.1. The van der Waals surface area contributed by atoms with Gasteiger partial charge < -0.3 is 30.2 Å². The van der Waals surface area contributed by atoms with Crippen LogP contribution in [0.1, 0.15) is 37.1 Å². The number of hydrogen-bond donors (Lipinski definition) is 2. The zero-order valence-electron chi connectivity index (χ0n) is 28.4. The Balaban J connectivity index is 1.26. The first-order valence-corrected chi connectivity index (χ1v) is 16.7. The molecule has 2 aliphatic heterocycles. The van der Waals surface area contributed by atoms with Crippen molar-refractivity contribution in [2.75, 3.05) is 79.7 Å². The highest BCUT2D eigenvalue weighted by molar-refractivity contribution is 5.95. The van der Waals surface area contributed by atoms with Gasteiger partial charge in [-0.05, 0) is 101 Å². The van der Waals surface area contributed by atoms with E-state index in [-0.39, 0.29) is 0 Å². The third kappa shape index (κ3) is 6.58. The molecule has 0 saturated carbocycles. The number of aromatic nitrogens is 5. The Labute approximate surface area is 277 Å². The van der Waals surface area contributed by atoms with E-state index in [4.69, 9.17) is 24.9 Å². The Morgan fingerprint density at radius 3 is 1.70 bits per heavy atom. The summed E-state index contributed by atoms with van der Waals surface area (Å²) in [5.41, 5.74) is 7.93. The molecular formula is C36H45N11. The Morgan fingerprint density at radius 1 is 0.660 bits per heavy atom. The molecule has 2 aliphatic rings. The van der Waals surface area contributed by atoms with E-state index < -0.39 is 0 Å². The van der Waals surface area contributed by atoms with Gasteiger partial charge in [-0.1, -0.05) is 0 Å². The summed E-state index contributed by atoms with van der Waals surface area (Å²) >= 11 is 0. The molecule has 244 valence electrons. The van der Waals surface area contributed by atoms with Crippen molar-refractivity contribution in [1.29, 1.82) is 0 Å². The van der Waals surface area contributed by atoms with Crippen LogP contribution in [0.2, 0.25) is 0 Å². The fraction of sp³-hybridized carbons (Fsp3) is 0.417. The van der Waals surface area contributed by atoms with Gasteiger partial charge in [0.25, 0.3) is 0 Å². The second-order valence-electron chi connectivity index (χ2n) is 13.3. The molecule has 2 fully saturated rings. The standard InChI is InChI=1S/C36H45N11/c1-23-18-32(44(3)4)28-20-25(11-13-30(28)37-23)39-34-41-35(40-26-12-14-31-29(21-26)33(45(5)6)19-24(2)38-31)43-36(42-34)47-17-9-10-27(47)22-46-15-7-8-16-46/h11-14,18-21,27H,7-10,15-17,22H2,1-6H3,(H2,39,40,41,42,43). The minimum Gasteiger partial charge on any atom is -0.377 e. The number of nitrogens with one attached hydrogen (secondary N) is 2. The first kappa shape index (κ1) is 30.9. The number of pyridine rings is 2. The first-order valence-electron chi connectivity index (χ1n) is 16.7. The average Bonchev–Trinajstić information content (AvgIpc) is 3.73. The molecule has 47 heavy (non-hydrogen) atoms. The van der Waals surface area contributed by atoms with Gasteiger partial charge in [-0.25, -0.2) is 0 Å². The van der Waals surface area contributed by atoms with Crippen LogP contribution in [0.3, 0.4) is 0 Å². The molecule has 2 N–H and O–H groups in total. The Bertz CT molecular complexity index is 1800. The summed E-state index contributed by atoms with van der Waals surface area (Å²) in [6.07, 6.45) is 4.84. The van der Waals surface area contributed by atoms with Gasteiger partial charge in [-0.15, -0.1) is 0 Å². The second kappa shape index (κ2) is 12.8. The van der Waals surface area contributed by atoms with E-state index >= 15 is 0 Å². The number of rotatable bonds is 9. The van der Waals surface area contributed by atoms with Crippen molar-refractivity contribution in [2.24, 2.45) is 0 Å². The van der Waals surface area contributed by atoms with Crippen LogP contribution in [0.25, 0.3) is 21.8 Å². The van der Waals surface area contributed by atoms with Gasteiger partial charge in [0, 0.05) is 92.2 Å². The van der Waals surface area contributed by atoms with Crippen molar-refractivity contribution in [3.63, 3.8) is 0 Å². The summed E-state index contributed by atoms with van der Waals surface area (Å²) in [6.45, 7) is 8.40. The second-order valence-corrected chi connectivity index (χ2v) is 13.3. The maximum Gasteiger partial charge on any atom is 0.233 e. The topological polar surface area (TPSA) is 101 Å². The highest BCUT2D eigenvalue weighted by Gasteiger charge is 2.30. The lowest BCUT2D eigenvalue weighted by molar-refractivity contribution is 0.313. The maximum absolute atomic E-state index is 5.02. The van der Waals surface area contributed by atoms with Crippen LogP contribution in [0.4, 0.5) is 40.6 Å². The minimum absolute atomic E-state index is 0.381. The third-order valence-electron chi connectivity index (χ3n) is 9.23. The molecule has 0 bridgehead atoms. The van der Waals surface area contributed by atoms with E-state index in [1.165, 1.54) is 25.9 Å². The molecule has 2 aromatic carbocycles. The predicted molar refractivity (Wildman–Crippen MR) is 194 cm³/mol. The molecular weight excluding hydrogens is 586 g/mol. The molecule has 0 amide bonds. The lowest BCUT2D eigenvalue weighted by Crippen LogP contribution is -2.40. The van der Waals surface area contributed by atoms with Gasteiger partial charge >= 0.3 is 0 Å². The Kier molecular flexibility index (Phi) is 8.40. The SMILES string of the molecule is Cc1cc(N(C)C)c2cc(Nc3nc(Nc4ccc5nc(C)cc(N(C)C)c5c4)nc(N4CCCC4CN4CCCC4)n3)ccc2n1. The van der Waals surface area contributed by atoms with Crippen molar-refractivity contribution >= 4 is 62.4 Å². The molecule has 0 aliphatic carbocycles. The Morgan fingerprint density at radius 2 is 1.19 bits per heavy atom. The molecule has 0 spiro atoms. The smallest absolute Gasteiger partial charge is 0.233 e. The highest BCUT2D eigenvalue weighted by Crippen LogP contribution is 2.32. The average molecular weight is 632 g/mol. The number of benzene rings is 2. The van der Waals surface area contributed by atoms with Crippen LogP contribution in [0.15, 0.2) is 48.5 Å². The summed E-state index contributed by atoms with van der Waals surface area (Å²) in [4.78, 5) is 33.7. The van der Waals surface area contributed by atoms with Crippen LogP contribution in [0, 0.1) is 13.8 Å². The molecule has 5 heterocycles. The van der Waals surface area contributed by atoms with Crippen LogP contribution >= 0.6 is 0 Å². The van der Waals surface area contributed by atoms with Crippen molar-refractivity contribution < 1.29 is 0 Å². The Hall–Kier alpha value is -4.77. The van der Waals surface area contributed by atoms with E-state index in [0.29, 0.717) is 23.9 Å². The molecule has 11 heteroatoms. The number of hydrogen-bond acceptors (Lipinski definition) is 11. The molecule has 7 rings (SSSR count). The quantitative estimate of drug-likeness (QED) is 0.193. The number of fused-ring (bicyclic) bond motifs is 2. The first-order chi connectivity index (χ1) is 22.7. The molecule has 0 radical (unpaired) electrons. The van der Waals surface area contributed by atoms with E-state index in [1.54, 1.807) is 0 Å². The summed E-state index contributed by atoms with van der Waals surface area (Å²) in [5, 5.41) is 9.16. The highest BCUT2D eigenvalue weighted by atomic mass is 15.4. The molecule has 3 aromatic heterocycles. The van der Waals surface area contributed by atoms with E-state index in [1.807, 2.05) is 26.0 Å². The number of likely N-dealkylation sites (tertiary alicyclic amines) is 1. The molecule has 2 saturated heterocycles. The van der Waals surface area contributed by atoms with Crippen molar-refractivity contribution in [3.8, 4) is 0 Å². The van der Waals surface area contributed by atoms with Crippen LogP contribution in [0.5, 0.6) is 0 Å². The van der Waals surface area contributed by atoms with Gasteiger partial charge in [0.1, 0.15) is 0 Å². The number of nitrogens with zero attached hydrogens (tertiary/aromatic N) is 9. The maximum atomic E-state index is 5.02. The van der Waals surface area contributed by atoms with Crippen LogP contribution in [-0.2, 0) is 0 Å². The zero-order chi connectivity index (χ0) is 32.7. The van der Waals surface area contributed by atoms with Gasteiger partial charge in [-0.3, -0.25) is 9.97 Å². The van der Waals surface area contributed by atoms with E-state index in [2.05, 4.69) is 94.8 Å². The number of aryl methyl sites for hydroxylation is 2. The van der Waals surface area contributed by atoms with Crippen molar-refractivity contribution in [1.82, 2.24) is 29.8 Å². The van der Waals surface area contributed by atoms with Gasteiger partial charge in [-0.2, -0.15) is 15.0 Å². The van der Waals surface area contributed by atoms with Crippen molar-refractivity contribution in [2.45, 2.75) is 45.6 Å². The molecule has 11 nitrogen and oxygen atoms in total. The minimum atomic E-state index is 0.381. The molecule has 1 atom stereocenters. The van der Waals surface area contributed by atoms with E-state index in [9.17, 15) is 0 Å². The molecule has 1 unspecified atom stereocenters. The normalized spacial score (nSPS) is 16.7. The number of anilines is 7. The van der Waals surface area contributed by atoms with Crippen LogP contribution in [-0.4, -0.2) is 90.2 Å².